The lowest BCUT2D eigenvalue weighted by molar-refractivity contribution is -0.140. The van der Waals surface area contributed by atoms with Crippen LogP contribution in [0.4, 0.5) is 16.2 Å². The van der Waals surface area contributed by atoms with E-state index in [4.69, 9.17) is 9.47 Å². The van der Waals surface area contributed by atoms with Crippen LogP contribution in [0.5, 0.6) is 0 Å². The van der Waals surface area contributed by atoms with E-state index >= 15 is 0 Å². The molecule has 3 aromatic carbocycles. The van der Waals surface area contributed by atoms with E-state index in [0.717, 1.165) is 11.1 Å². The molecule has 4 rings (SSSR count). The maximum Gasteiger partial charge on any atom is 0.411 e. The quantitative estimate of drug-likeness (QED) is 0.455. The van der Waals surface area contributed by atoms with Gasteiger partial charge in [0.15, 0.2) is 0 Å². The third-order valence-corrected chi connectivity index (χ3v) is 5.95. The number of fused-ring (bicyclic) bond motifs is 1. The second-order valence-corrected chi connectivity index (χ2v) is 8.56. The summed E-state index contributed by atoms with van der Waals surface area (Å²) in [5.41, 5.74) is 3.44. The Balaban J connectivity index is 1.49. The summed E-state index contributed by atoms with van der Waals surface area (Å²) in [5, 5.41) is 6.00. The van der Waals surface area contributed by atoms with Gasteiger partial charge in [-0.05, 0) is 35.7 Å². The van der Waals surface area contributed by atoms with Gasteiger partial charge < -0.3 is 19.7 Å². The van der Waals surface area contributed by atoms with Crippen molar-refractivity contribution in [2.75, 3.05) is 30.8 Å². The Morgan fingerprint density at radius 2 is 1.69 bits per heavy atom. The van der Waals surface area contributed by atoms with Gasteiger partial charge in [-0.15, -0.1) is 0 Å². The molecule has 0 radical (unpaired) electrons. The molecule has 0 spiro atoms. The first-order valence-electron chi connectivity index (χ1n) is 11.8. The van der Waals surface area contributed by atoms with Crippen LogP contribution >= 0.6 is 0 Å². The molecule has 2 N–H and O–H groups in total. The van der Waals surface area contributed by atoms with Crippen molar-refractivity contribution in [3.8, 4) is 0 Å². The Labute approximate surface area is 210 Å². The highest BCUT2D eigenvalue weighted by Crippen LogP contribution is 2.27. The van der Waals surface area contributed by atoms with Crippen LogP contribution in [0.2, 0.25) is 0 Å². The summed E-state index contributed by atoms with van der Waals surface area (Å²) in [6.07, 6.45) is 0.186. The van der Waals surface area contributed by atoms with Crippen LogP contribution in [0, 0.1) is 0 Å². The summed E-state index contributed by atoms with van der Waals surface area (Å²) in [6, 6.07) is 24.0. The average Bonchev–Trinajstić information content (AvgIpc) is 3.03. The number of methoxy groups -OCH3 is 1. The van der Waals surface area contributed by atoms with Crippen molar-refractivity contribution in [1.82, 2.24) is 4.90 Å². The van der Waals surface area contributed by atoms with Crippen LogP contribution in [0.25, 0.3) is 0 Å². The van der Waals surface area contributed by atoms with Crippen LogP contribution in [-0.2, 0) is 27.3 Å². The summed E-state index contributed by atoms with van der Waals surface area (Å²) in [5.74, 6) is -0.534. The topological polar surface area (TPSA) is 97.0 Å². The lowest BCUT2D eigenvalue weighted by atomic mass is 10.1. The summed E-state index contributed by atoms with van der Waals surface area (Å²) in [7, 11) is 1.35. The number of nitrogens with zero attached hydrogens (tertiary/aromatic N) is 1. The SMILES string of the molecule is COC(=O)CC1CN(CCc2ccccc2)C(=O)c2cc(NC(=O)OCc3ccccc3)ccc2N1. The molecule has 0 bridgehead atoms. The van der Waals surface area contributed by atoms with E-state index < -0.39 is 6.09 Å². The maximum absolute atomic E-state index is 13.5. The number of carbonyl (C=O) groups excluding carboxylic acids is 3. The second-order valence-electron chi connectivity index (χ2n) is 8.56. The standard InChI is InChI=1S/C28H29N3O5/c1-35-26(32)17-23-18-31(15-14-20-8-4-2-5-9-20)27(33)24-16-22(12-13-25(24)29-23)30-28(34)36-19-21-10-6-3-7-11-21/h2-13,16,23,29H,14-15,17-19H2,1H3,(H,30,34). The third-order valence-electron chi connectivity index (χ3n) is 5.95. The van der Waals surface area contributed by atoms with Gasteiger partial charge in [-0.25, -0.2) is 4.79 Å². The van der Waals surface area contributed by atoms with Gasteiger partial charge in [0, 0.05) is 24.5 Å². The summed E-state index contributed by atoms with van der Waals surface area (Å²) < 4.78 is 10.1. The van der Waals surface area contributed by atoms with Crippen LogP contribution in [0.1, 0.15) is 27.9 Å². The molecule has 2 amide bonds. The first kappa shape index (κ1) is 24.8. The normalized spacial score (nSPS) is 14.8. The monoisotopic (exact) mass is 487 g/mol. The fourth-order valence-corrected chi connectivity index (χ4v) is 4.09. The summed E-state index contributed by atoms with van der Waals surface area (Å²) >= 11 is 0. The van der Waals surface area contributed by atoms with Crippen LogP contribution < -0.4 is 10.6 Å². The van der Waals surface area contributed by atoms with E-state index in [0.29, 0.717) is 36.4 Å². The van der Waals surface area contributed by atoms with Crippen molar-refractivity contribution in [2.24, 2.45) is 0 Å². The fraction of sp³-hybridized carbons (Fsp3) is 0.250. The number of hydrogen-bond acceptors (Lipinski definition) is 6. The number of benzene rings is 3. The molecular weight excluding hydrogens is 458 g/mol. The van der Waals surface area contributed by atoms with E-state index in [2.05, 4.69) is 10.6 Å². The van der Waals surface area contributed by atoms with Crippen molar-refractivity contribution < 1.29 is 23.9 Å². The van der Waals surface area contributed by atoms with Gasteiger partial charge in [0.2, 0.25) is 0 Å². The number of ether oxygens (including phenoxy) is 2. The largest absolute Gasteiger partial charge is 0.469 e. The van der Waals surface area contributed by atoms with Gasteiger partial charge in [-0.1, -0.05) is 60.7 Å². The minimum Gasteiger partial charge on any atom is -0.469 e. The maximum atomic E-state index is 13.5. The molecule has 0 fully saturated rings. The van der Waals surface area contributed by atoms with E-state index in [-0.39, 0.29) is 30.9 Å². The smallest absolute Gasteiger partial charge is 0.411 e. The molecule has 36 heavy (non-hydrogen) atoms. The van der Waals surface area contributed by atoms with Crippen molar-refractivity contribution in [3.05, 3.63) is 95.6 Å². The van der Waals surface area contributed by atoms with Gasteiger partial charge in [0.25, 0.3) is 5.91 Å². The molecule has 1 atom stereocenters. The highest BCUT2D eigenvalue weighted by Gasteiger charge is 2.29. The number of amides is 2. The Kier molecular flexibility index (Phi) is 8.18. The fourth-order valence-electron chi connectivity index (χ4n) is 4.09. The Hall–Kier alpha value is -4.33. The second kappa shape index (κ2) is 11.9. The number of anilines is 2. The minimum atomic E-state index is -0.614. The van der Waals surface area contributed by atoms with Gasteiger partial charge in [-0.3, -0.25) is 14.9 Å². The predicted molar refractivity (Wildman–Crippen MR) is 137 cm³/mol. The zero-order valence-corrected chi connectivity index (χ0v) is 20.1. The number of rotatable bonds is 8. The van der Waals surface area contributed by atoms with Crippen LogP contribution in [0.15, 0.2) is 78.9 Å². The lowest BCUT2D eigenvalue weighted by Gasteiger charge is -2.24. The third kappa shape index (κ3) is 6.63. The molecule has 8 nitrogen and oxygen atoms in total. The first-order valence-corrected chi connectivity index (χ1v) is 11.8. The van der Waals surface area contributed by atoms with E-state index in [9.17, 15) is 14.4 Å². The summed E-state index contributed by atoms with van der Waals surface area (Å²) in [4.78, 5) is 39.6. The molecule has 186 valence electrons. The summed E-state index contributed by atoms with van der Waals surface area (Å²) in [6.45, 7) is 0.969. The predicted octanol–water partition coefficient (Wildman–Crippen LogP) is 4.48. The molecule has 1 unspecified atom stereocenters. The van der Waals surface area contributed by atoms with E-state index in [1.54, 1.807) is 23.1 Å². The Bertz CT molecular complexity index is 1200. The molecule has 1 aliphatic heterocycles. The van der Waals surface area contributed by atoms with Crippen molar-refractivity contribution in [2.45, 2.75) is 25.5 Å². The molecule has 1 heterocycles. The number of nitrogens with one attached hydrogen (secondary N) is 2. The van der Waals surface area contributed by atoms with Gasteiger partial charge >= 0.3 is 12.1 Å². The number of carbonyl (C=O) groups is 3. The van der Waals surface area contributed by atoms with Crippen molar-refractivity contribution in [3.63, 3.8) is 0 Å². The average molecular weight is 488 g/mol. The highest BCUT2D eigenvalue weighted by molar-refractivity contribution is 6.02. The first-order chi connectivity index (χ1) is 17.5. The molecule has 8 heteroatoms. The Morgan fingerprint density at radius 3 is 2.39 bits per heavy atom. The molecule has 1 aliphatic rings. The zero-order valence-electron chi connectivity index (χ0n) is 20.1. The molecule has 0 saturated heterocycles. The highest BCUT2D eigenvalue weighted by atomic mass is 16.5. The van der Waals surface area contributed by atoms with E-state index in [1.807, 2.05) is 60.7 Å². The lowest BCUT2D eigenvalue weighted by Crippen LogP contribution is -2.39. The van der Waals surface area contributed by atoms with Gasteiger partial charge in [-0.2, -0.15) is 0 Å². The molecule has 3 aromatic rings. The molecular formula is C28H29N3O5. The van der Waals surface area contributed by atoms with Crippen molar-refractivity contribution in [1.29, 1.82) is 0 Å². The molecule has 0 aliphatic carbocycles. The zero-order chi connectivity index (χ0) is 25.3. The van der Waals surface area contributed by atoms with Crippen molar-refractivity contribution >= 4 is 29.3 Å². The molecule has 0 saturated carbocycles. The molecule has 0 aromatic heterocycles. The van der Waals surface area contributed by atoms with E-state index in [1.165, 1.54) is 7.11 Å². The number of hydrogen-bond donors (Lipinski definition) is 2. The minimum absolute atomic E-state index is 0.122. The number of esters is 1. The van der Waals surface area contributed by atoms with Gasteiger partial charge in [0.05, 0.1) is 25.1 Å². The van der Waals surface area contributed by atoms with Gasteiger partial charge in [0.1, 0.15) is 6.61 Å². The van der Waals surface area contributed by atoms with Crippen LogP contribution in [0.3, 0.4) is 0 Å². The Morgan fingerprint density at radius 1 is 1.00 bits per heavy atom. The van der Waals surface area contributed by atoms with Crippen LogP contribution in [-0.4, -0.2) is 49.1 Å².